The van der Waals surface area contributed by atoms with E-state index in [-0.39, 0.29) is 0 Å². The Morgan fingerprint density at radius 2 is 2.11 bits per heavy atom. The summed E-state index contributed by atoms with van der Waals surface area (Å²) < 4.78 is 5.88. The number of aliphatic imine (C=N–C) groups is 1. The van der Waals surface area contributed by atoms with Crippen LogP contribution in [0.15, 0.2) is 35.3 Å². The summed E-state index contributed by atoms with van der Waals surface area (Å²) in [5.74, 6) is 1.05. The molecule has 2 saturated heterocycles. The van der Waals surface area contributed by atoms with Crippen LogP contribution in [0.5, 0.6) is 0 Å². The summed E-state index contributed by atoms with van der Waals surface area (Å²) in [5, 5.41) is 4.70. The lowest BCUT2D eigenvalue weighted by Crippen LogP contribution is -2.39. The van der Waals surface area contributed by atoms with Gasteiger partial charge in [-0.15, -0.1) is 0 Å². The molecule has 4 unspecified atom stereocenters. The molecule has 2 fully saturated rings. The van der Waals surface area contributed by atoms with Gasteiger partial charge in [0.2, 0.25) is 0 Å². The molecule has 4 rings (SSSR count). The van der Waals surface area contributed by atoms with Gasteiger partial charge in [-0.25, -0.2) is 0 Å². The minimum absolute atomic E-state index is 0.313. The Morgan fingerprint density at radius 3 is 2.84 bits per heavy atom. The highest BCUT2D eigenvalue weighted by Gasteiger charge is 2.41. The van der Waals surface area contributed by atoms with Gasteiger partial charge in [-0.3, -0.25) is 4.99 Å². The Hall–Kier alpha value is -1.00. The van der Waals surface area contributed by atoms with Gasteiger partial charge in [-0.05, 0) is 24.8 Å². The molecule has 0 spiro atoms. The van der Waals surface area contributed by atoms with Crippen molar-refractivity contribution < 1.29 is 4.74 Å². The van der Waals surface area contributed by atoms with E-state index in [1.165, 1.54) is 18.4 Å². The number of nitrogens with one attached hydrogen (secondary N) is 1. The Labute approximate surface area is 117 Å². The molecule has 4 heteroatoms. The van der Waals surface area contributed by atoms with Gasteiger partial charge in [0.05, 0.1) is 24.3 Å². The van der Waals surface area contributed by atoms with Crippen LogP contribution in [0, 0.1) is 0 Å². The van der Waals surface area contributed by atoms with Crippen molar-refractivity contribution in [1.29, 1.82) is 0 Å². The first-order chi connectivity index (χ1) is 9.38. The van der Waals surface area contributed by atoms with Gasteiger partial charge in [0.1, 0.15) is 0 Å². The first kappa shape index (κ1) is 11.8. The van der Waals surface area contributed by atoms with Crippen LogP contribution >= 0.6 is 11.8 Å². The monoisotopic (exact) mass is 274 g/mol. The first-order valence-corrected chi connectivity index (χ1v) is 8.04. The molecule has 0 saturated carbocycles. The number of benzene rings is 1. The normalized spacial score (nSPS) is 36.5. The Bertz CT molecular complexity index is 490. The second-order valence-corrected chi connectivity index (χ2v) is 6.54. The first-order valence-electron chi connectivity index (χ1n) is 7.06. The molecule has 3 aliphatic rings. The SMILES string of the molecule is c1ccc(C2CSC(NC3CC4CCC3O4)=N2)cc1. The van der Waals surface area contributed by atoms with Crippen molar-refractivity contribution in [1.82, 2.24) is 5.32 Å². The summed E-state index contributed by atoms with van der Waals surface area (Å²) in [4.78, 5) is 4.82. The van der Waals surface area contributed by atoms with E-state index in [1.54, 1.807) is 0 Å². The smallest absolute Gasteiger partial charge is 0.157 e. The van der Waals surface area contributed by atoms with Gasteiger partial charge in [0, 0.05) is 5.75 Å². The summed E-state index contributed by atoms with van der Waals surface area (Å²) >= 11 is 1.84. The quantitative estimate of drug-likeness (QED) is 0.900. The van der Waals surface area contributed by atoms with Crippen molar-refractivity contribution in [2.75, 3.05) is 5.75 Å². The molecule has 1 aromatic rings. The number of thioether (sulfide) groups is 1. The molecule has 0 aliphatic carbocycles. The predicted molar refractivity (Wildman–Crippen MR) is 78.5 cm³/mol. The maximum atomic E-state index is 5.88. The minimum Gasteiger partial charge on any atom is -0.373 e. The highest BCUT2D eigenvalue weighted by Crippen LogP contribution is 2.36. The maximum Gasteiger partial charge on any atom is 0.157 e. The van der Waals surface area contributed by atoms with E-state index in [1.807, 2.05) is 11.8 Å². The second-order valence-electron chi connectivity index (χ2n) is 5.53. The predicted octanol–water partition coefficient (Wildman–Crippen LogP) is 2.74. The van der Waals surface area contributed by atoms with E-state index in [0.717, 1.165) is 17.3 Å². The van der Waals surface area contributed by atoms with Gasteiger partial charge < -0.3 is 10.1 Å². The van der Waals surface area contributed by atoms with Crippen LogP contribution in [0.4, 0.5) is 0 Å². The molecule has 19 heavy (non-hydrogen) atoms. The fourth-order valence-corrected chi connectivity index (χ4v) is 4.27. The van der Waals surface area contributed by atoms with Crippen molar-refractivity contribution in [2.45, 2.75) is 43.6 Å². The number of amidine groups is 1. The Balaban J connectivity index is 1.43. The lowest BCUT2D eigenvalue weighted by Gasteiger charge is -2.20. The van der Waals surface area contributed by atoms with Crippen molar-refractivity contribution in [3.63, 3.8) is 0 Å². The van der Waals surface area contributed by atoms with Crippen LogP contribution in [0.1, 0.15) is 30.9 Å². The van der Waals surface area contributed by atoms with Crippen LogP contribution in [-0.2, 0) is 4.74 Å². The van der Waals surface area contributed by atoms with Gasteiger partial charge in [-0.1, -0.05) is 42.1 Å². The highest BCUT2D eigenvalue weighted by atomic mass is 32.2. The standard InChI is InChI=1S/C15H18N2OS/c1-2-4-10(5-3-1)13-9-19-15(17-13)16-12-8-11-6-7-14(12)18-11/h1-5,11-14H,6-9H2,(H,16,17). The lowest BCUT2D eigenvalue weighted by molar-refractivity contribution is 0.0994. The largest absolute Gasteiger partial charge is 0.373 e. The molecule has 4 atom stereocenters. The molecule has 1 N–H and O–H groups in total. The molecule has 0 amide bonds. The van der Waals surface area contributed by atoms with Crippen molar-refractivity contribution in [2.24, 2.45) is 4.99 Å². The minimum atomic E-state index is 0.313. The van der Waals surface area contributed by atoms with E-state index in [9.17, 15) is 0 Å². The van der Waals surface area contributed by atoms with Gasteiger partial charge in [0.25, 0.3) is 0 Å². The molecular weight excluding hydrogens is 256 g/mol. The van der Waals surface area contributed by atoms with Crippen LogP contribution in [0.2, 0.25) is 0 Å². The zero-order valence-electron chi connectivity index (χ0n) is 10.8. The molecule has 0 aromatic heterocycles. The number of fused-ring (bicyclic) bond motifs is 2. The topological polar surface area (TPSA) is 33.6 Å². The Kier molecular flexibility index (Phi) is 3.00. The summed E-state index contributed by atoms with van der Waals surface area (Å²) in [6, 6.07) is 11.4. The summed E-state index contributed by atoms with van der Waals surface area (Å²) in [6.07, 6.45) is 4.53. The third-order valence-electron chi connectivity index (χ3n) is 4.25. The number of ether oxygens (including phenoxy) is 1. The number of rotatable bonds is 2. The average Bonchev–Trinajstić information content (AvgIpc) is 3.16. The van der Waals surface area contributed by atoms with Crippen molar-refractivity contribution in [3.8, 4) is 0 Å². The fraction of sp³-hybridized carbons (Fsp3) is 0.533. The fourth-order valence-electron chi connectivity index (χ4n) is 3.25. The Morgan fingerprint density at radius 1 is 1.21 bits per heavy atom. The molecular formula is C15H18N2OS. The zero-order chi connectivity index (χ0) is 12.7. The molecule has 100 valence electrons. The summed E-state index contributed by atoms with van der Waals surface area (Å²) in [5.41, 5.74) is 1.32. The summed E-state index contributed by atoms with van der Waals surface area (Å²) in [7, 11) is 0. The molecule has 3 aliphatic heterocycles. The third-order valence-corrected chi connectivity index (χ3v) is 5.23. The zero-order valence-corrected chi connectivity index (χ0v) is 11.6. The van der Waals surface area contributed by atoms with E-state index in [4.69, 9.17) is 9.73 Å². The average molecular weight is 274 g/mol. The molecule has 3 heterocycles. The van der Waals surface area contributed by atoms with Gasteiger partial charge in [0.15, 0.2) is 5.17 Å². The number of hydrogen-bond donors (Lipinski definition) is 1. The van der Waals surface area contributed by atoms with Crippen LogP contribution in [0.3, 0.4) is 0 Å². The van der Waals surface area contributed by atoms with E-state index < -0.39 is 0 Å². The maximum absolute atomic E-state index is 5.88. The van der Waals surface area contributed by atoms with Gasteiger partial charge in [-0.2, -0.15) is 0 Å². The van der Waals surface area contributed by atoms with E-state index in [2.05, 4.69) is 35.6 Å². The van der Waals surface area contributed by atoms with Crippen LogP contribution < -0.4 is 5.32 Å². The molecule has 2 bridgehead atoms. The molecule has 0 radical (unpaired) electrons. The highest BCUT2D eigenvalue weighted by molar-refractivity contribution is 8.14. The summed E-state index contributed by atoms with van der Waals surface area (Å²) in [6.45, 7) is 0. The lowest BCUT2D eigenvalue weighted by atomic mass is 9.96. The second kappa shape index (κ2) is 4.84. The molecule has 3 nitrogen and oxygen atoms in total. The third kappa shape index (κ3) is 2.28. The van der Waals surface area contributed by atoms with Crippen LogP contribution in [-0.4, -0.2) is 29.2 Å². The van der Waals surface area contributed by atoms with E-state index in [0.29, 0.717) is 24.3 Å². The number of hydrogen-bond acceptors (Lipinski definition) is 4. The van der Waals surface area contributed by atoms with Crippen molar-refractivity contribution >= 4 is 16.9 Å². The van der Waals surface area contributed by atoms with Gasteiger partial charge >= 0.3 is 0 Å². The van der Waals surface area contributed by atoms with E-state index >= 15 is 0 Å². The van der Waals surface area contributed by atoms with Crippen molar-refractivity contribution in [3.05, 3.63) is 35.9 Å². The molecule has 1 aromatic carbocycles. The number of nitrogens with zero attached hydrogens (tertiary/aromatic N) is 1. The van der Waals surface area contributed by atoms with Crippen LogP contribution in [0.25, 0.3) is 0 Å².